The average Bonchev–Trinajstić information content (AvgIpc) is 2.68. The standard InChI is InChI=1S/C16H21BBrClO5/c1-15(2)16(3,4)24-17(23-15)11(8-13(20)22-5)10-6-9(19)7-12(18)14(10)21/h6-7,11,21H,8H2,1-5H3. The first-order chi connectivity index (χ1) is 11.0. The van der Waals surface area contributed by atoms with Crippen molar-refractivity contribution in [2.45, 2.75) is 51.1 Å². The Labute approximate surface area is 155 Å². The van der Waals surface area contributed by atoms with Crippen LogP contribution in [0.5, 0.6) is 5.75 Å². The summed E-state index contributed by atoms with van der Waals surface area (Å²) < 4.78 is 17.4. The van der Waals surface area contributed by atoms with E-state index in [0.29, 0.717) is 15.1 Å². The highest BCUT2D eigenvalue weighted by Crippen LogP contribution is 2.45. The zero-order valence-corrected chi connectivity index (χ0v) is 16.7. The highest BCUT2D eigenvalue weighted by Gasteiger charge is 2.54. The fourth-order valence-corrected chi connectivity index (χ4v) is 3.37. The van der Waals surface area contributed by atoms with Gasteiger partial charge < -0.3 is 19.2 Å². The second-order valence-electron chi connectivity index (χ2n) is 6.84. The maximum atomic E-state index is 11.9. The van der Waals surface area contributed by atoms with Gasteiger partial charge in [-0.1, -0.05) is 11.6 Å². The molecule has 5 nitrogen and oxygen atoms in total. The number of carbonyl (C=O) groups excluding carboxylic acids is 1. The minimum absolute atomic E-state index is 0.00279. The molecule has 1 saturated heterocycles. The summed E-state index contributed by atoms with van der Waals surface area (Å²) in [6.45, 7) is 7.71. The smallest absolute Gasteiger partial charge is 0.466 e. The van der Waals surface area contributed by atoms with Crippen LogP contribution in [0.1, 0.15) is 45.5 Å². The van der Waals surface area contributed by atoms with Crippen molar-refractivity contribution in [1.82, 2.24) is 0 Å². The van der Waals surface area contributed by atoms with Crippen LogP contribution in [0.4, 0.5) is 0 Å². The number of ether oxygens (including phenoxy) is 1. The quantitative estimate of drug-likeness (QED) is 0.588. The Hall–Kier alpha value is -0.755. The molecule has 0 aromatic heterocycles. The van der Waals surface area contributed by atoms with Crippen LogP contribution in [0.2, 0.25) is 5.02 Å². The molecule has 8 heteroatoms. The predicted molar refractivity (Wildman–Crippen MR) is 96.3 cm³/mol. The molecule has 2 rings (SSSR count). The van der Waals surface area contributed by atoms with E-state index in [9.17, 15) is 9.90 Å². The number of esters is 1. The number of methoxy groups -OCH3 is 1. The molecule has 1 aromatic carbocycles. The SMILES string of the molecule is COC(=O)CC(B1OC(C)(C)C(C)(C)O1)c1cc(Cl)cc(Br)c1O. The molecule has 132 valence electrons. The van der Waals surface area contributed by atoms with Gasteiger partial charge in [0.05, 0.1) is 29.2 Å². The molecule has 0 aliphatic carbocycles. The van der Waals surface area contributed by atoms with Gasteiger partial charge in [0.2, 0.25) is 0 Å². The zero-order valence-electron chi connectivity index (χ0n) is 14.4. The molecule has 0 saturated carbocycles. The topological polar surface area (TPSA) is 65.0 Å². The third kappa shape index (κ3) is 3.74. The molecule has 1 heterocycles. The summed E-state index contributed by atoms with van der Waals surface area (Å²) in [6, 6.07) is 3.19. The van der Waals surface area contributed by atoms with Gasteiger partial charge in [0.25, 0.3) is 0 Å². The van der Waals surface area contributed by atoms with E-state index in [4.69, 9.17) is 25.6 Å². The molecule has 1 aliphatic heterocycles. The van der Waals surface area contributed by atoms with Crippen molar-refractivity contribution >= 4 is 40.6 Å². The molecule has 1 unspecified atom stereocenters. The molecule has 24 heavy (non-hydrogen) atoms. The molecule has 1 fully saturated rings. The van der Waals surface area contributed by atoms with Gasteiger partial charge in [-0.05, 0) is 61.3 Å². The third-order valence-electron chi connectivity index (χ3n) is 4.67. The summed E-state index contributed by atoms with van der Waals surface area (Å²) in [5.74, 6) is -0.985. The minimum Gasteiger partial charge on any atom is -0.506 e. The largest absolute Gasteiger partial charge is 0.506 e. The van der Waals surface area contributed by atoms with Crippen LogP contribution in [0.3, 0.4) is 0 Å². The number of halogens is 2. The van der Waals surface area contributed by atoms with Gasteiger partial charge in [0, 0.05) is 10.8 Å². The van der Waals surface area contributed by atoms with E-state index in [0.717, 1.165) is 0 Å². The van der Waals surface area contributed by atoms with Crippen molar-refractivity contribution in [3.05, 3.63) is 27.2 Å². The Balaban J connectivity index is 2.46. The van der Waals surface area contributed by atoms with Crippen molar-refractivity contribution in [2.24, 2.45) is 0 Å². The monoisotopic (exact) mass is 418 g/mol. The Bertz CT molecular complexity index is 634. The maximum Gasteiger partial charge on any atom is 0.466 e. The van der Waals surface area contributed by atoms with Crippen LogP contribution < -0.4 is 0 Å². The number of phenols is 1. The molecule has 1 aliphatic rings. The number of hydrogen-bond donors (Lipinski definition) is 1. The fraction of sp³-hybridized carbons (Fsp3) is 0.562. The number of benzene rings is 1. The first-order valence-corrected chi connectivity index (χ1v) is 8.76. The van der Waals surface area contributed by atoms with E-state index in [1.54, 1.807) is 12.1 Å². The average molecular weight is 420 g/mol. The number of phenolic OH excluding ortho intramolecular Hbond substituents is 1. The van der Waals surface area contributed by atoms with Gasteiger partial charge in [-0.3, -0.25) is 4.79 Å². The number of carbonyl (C=O) groups is 1. The molecular weight excluding hydrogens is 398 g/mol. The lowest BCUT2D eigenvalue weighted by Crippen LogP contribution is -2.41. The first kappa shape index (κ1) is 19.6. The van der Waals surface area contributed by atoms with Crippen molar-refractivity contribution in [3.8, 4) is 5.75 Å². The molecule has 1 N–H and O–H groups in total. The van der Waals surface area contributed by atoms with E-state index in [1.807, 2.05) is 27.7 Å². The van der Waals surface area contributed by atoms with Crippen LogP contribution in [-0.4, -0.2) is 36.5 Å². The molecule has 0 radical (unpaired) electrons. The molecule has 0 amide bonds. The van der Waals surface area contributed by atoms with E-state index >= 15 is 0 Å². The number of rotatable bonds is 4. The Kier molecular flexibility index (Phi) is 5.60. The van der Waals surface area contributed by atoms with E-state index < -0.39 is 30.1 Å². The van der Waals surface area contributed by atoms with Gasteiger partial charge in [0.15, 0.2) is 0 Å². The molecule has 0 spiro atoms. The van der Waals surface area contributed by atoms with Gasteiger partial charge in [0.1, 0.15) is 5.75 Å². The Morgan fingerprint density at radius 1 is 1.33 bits per heavy atom. The second-order valence-corrected chi connectivity index (χ2v) is 8.13. The summed E-state index contributed by atoms with van der Waals surface area (Å²) in [6.07, 6.45) is -0.00628. The number of hydrogen-bond acceptors (Lipinski definition) is 5. The summed E-state index contributed by atoms with van der Waals surface area (Å²) >= 11 is 9.39. The van der Waals surface area contributed by atoms with Crippen LogP contribution in [0.15, 0.2) is 16.6 Å². The van der Waals surface area contributed by atoms with Crippen molar-refractivity contribution in [3.63, 3.8) is 0 Å². The number of aromatic hydroxyl groups is 1. The van der Waals surface area contributed by atoms with Crippen molar-refractivity contribution in [2.75, 3.05) is 7.11 Å². The van der Waals surface area contributed by atoms with Crippen LogP contribution in [-0.2, 0) is 18.8 Å². The zero-order chi connectivity index (χ0) is 18.3. The second kappa shape index (κ2) is 6.86. The predicted octanol–water partition coefficient (Wildman–Crippen LogP) is 4.09. The normalized spacial score (nSPS) is 20.0. The van der Waals surface area contributed by atoms with Crippen molar-refractivity contribution in [1.29, 1.82) is 0 Å². The lowest BCUT2D eigenvalue weighted by molar-refractivity contribution is -0.140. The molecule has 1 atom stereocenters. The van der Waals surface area contributed by atoms with Gasteiger partial charge in [-0.25, -0.2) is 0 Å². The highest BCUT2D eigenvalue weighted by atomic mass is 79.9. The third-order valence-corrected chi connectivity index (χ3v) is 5.49. The minimum atomic E-state index is -0.717. The van der Waals surface area contributed by atoms with E-state index in [2.05, 4.69) is 15.9 Å². The summed E-state index contributed by atoms with van der Waals surface area (Å²) in [7, 11) is 0.600. The van der Waals surface area contributed by atoms with E-state index in [1.165, 1.54) is 7.11 Å². The van der Waals surface area contributed by atoms with Crippen LogP contribution >= 0.6 is 27.5 Å². The van der Waals surface area contributed by atoms with Gasteiger partial charge in [-0.15, -0.1) is 0 Å². The van der Waals surface area contributed by atoms with E-state index in [-0.39, 0.29) is 12.2 Å². The molecular formula is C16H21BBrClO5. The fourth-order valence-electron chi connectivity index (χ4n) is 2.54. The first-order valence-electron chi connectivity index (χ1n) is 7.59. The van der Waals surface area contributed by atoms with Gasteiger partial charge >= 0.3 is 13.1 Å². The molecule has 1 aromatic rings. The van der Waals surface area contributed by atoms with Crippen LogP contribution in [0.25, 0.3) is 0 Å². The summed E-state index contributed by atoms with van der Waals surface area (Å²) in [5.41, 5.74) is -0.646. The Morgan fingerprint density at radius 2 is 1.88 bits per heavy atom. The molecule has 0 bridgehead atoms. The summed E-state index contributed by atoms with van der Waals surface area (Å²) in [4.78, 5) is 11.9. The lowest BCUT2D eigenvalue weighted by Gasteiger charge is -2.32. The van der Waals surface area contributed by atoms with Crippen molar-refractivity contribution < 1.29 is 23.9 Å². The Morgan fingerprint density at radius 3 is 2.38 bits per heavy atom. The maximum absolute atomic E-state index is 11.9. The highest BCUT2D eigenvalue weighted by molar-refractivity contribution is 9.10. The van der Waals surface area contributed by atoms with Crippen LogP contribution in [0, 0.1) is 0 Å². The summed E-state index contributed by atoms with van der Waals surface area (Å²) in [5, 5.41) is 10.9. The lowest BCUT2D eigenvalue weighted by atomic mass is 9.66. The van der Waals surface area contributed by atoms with Gasteiger partial charge in [-0.2, -0.15) is 0 Å².